The molecule has 0 bridgehead atoms. The van der Waals surface area contributed by atoms with Crippen molar-refractivity contribution in [2.24, 2.45) is 5.73 Å². The number of hydrogen-bond donors (Lipinski definition) is 5. The first-order chi connectivity index (χ1) is 11.8. The fourth-order valence-electron chi connectivity index (χ4n) is 1.95. The van der Waals surface area contributed by atoms with Crippen LogP contribution >= 0.6 is 0 Å². The molecular weight excluding hydrogens is 330 g/mol. The molecule has 10 nitrogen and oxygen atoms in total. The number of rotatable bonds is 6. The van der Waals surface area contributed by atoms with Gasteiger partial charge in [-0.25, -0.2) is 4.79 Å². The predicted molar refractivity (Wildman–Crippen MR) is 89.5 cm³/mol. The highest BCUT2D eigenvalue weighted by Gasteiger charge is 2.16. The lowest BCUT2D eigenvalue weighted by molar-refractivity contribution is 0.0921. The van der Waals surface area contributed by atoms with Crippen molar-refractivity contribution in [1.82, 2.24) is 15.3 Å². The molecule has 1 aromatic heterocycles. The van der Waals surface area contributed by atoms with Crippen molar-refractivity contribution in [3.05, 3.63) is 56.4 Å². The Balaban J connectivity index is 1.97. The van der Waals surface area contributed by atoms with Gasteiger partial charge < -0.3 is 26.5 Å². The second-order valence-corrected chi connectivity index (χ2v) is 5.27. The monoisotopic (exact) mass is 347 g/mol. The fourth-order valence-corrected chi connectivity index (χ4v) is 1.95. The molecule has 0 fully saturated rings. The average Bonchev–Trinajstić information content (AvgIpc) is 2.56. The van der Waals surface area contributed by atoms with Gasteiger partial charge in [0.15, 0.2) is 0 Å². The van der Waals surface area contributed by atoms with E-state index in [1.54, 1.807) is 19.1 Å². The van der Waals surface area contributed by atoms with E-state index in [1.807, 2.05) is 4.98 Å². The summed E-state index contributed by atoms with van der Waals surface area (Å²) in [5.41, 5.74) is 8.61. The van der Waals surface area contributed by atoms with Gasteiger partial charge in [0.25, 0.3) is 11.5 Å². The Bertz CT molecular complexity index is 900. The molecule has 0 spiro atoms. The smallest absolute Gasteiger partial charge is 0.326 e. The number of nitrogen functional groups attached to an aromatic ring is 1. The zero-order chi connectivity index (χ0) is 18.6. The van der Waals surface area contributed by atoms with Crippen molar-refractivity contribution in [2.75, 3.05) is 12.3 Å². The molecule has 0 unspecified atom stereocenters. The Hall–Kier alpha value is -3.56. The normalized spacial score (nSPS) is 11.6. The number of hydrogen-bond acceptors (Lipinski definition) is 6. The van der Waals surface area contributed by atoms with E-state index >= 15 is 0 Å². The van der Waals surface area contributed by atoms with Crippen LogP contribution in [0.15, 0.2) is 33.9 Å². The quantitative estimate of drug-likeness (QED) is 0.445. The van der Waals surface area contributed by atoms with Crippen molar-refractivity contribution in [3.63, 3.8) is 0 Å². The van der Waals surface area contributed by atoms with Gasteiger partial charge in [-0.1, -0.05) is 0 Å². The highest BCUT2D eigenvalue weighted by molar-refractivity contribution is 5.97. The lowest BCUT2D eigenvalue weighted by Crippen LogP contribution is -2.40. The largest absolute Gasteiger partial charge is 0.491 e. The topological polar surface area (TPSA) is 173 Å². The van der Waals surface area contributed by atoms with E-state index in [-0.39, 0.29) is 18.0 Å². The summed E-state index contributed by atoms with van der Waals surface area (Å²) in [6, 6.07) is 5.72. The van der Waals surface area contributed by atoms with Gasteiger partial charge >= 0.3 is 5.69 Å². The number of amides is 2. The first-order valence-electron chi connectivity index (χ1n) is 7.23. The van der Waals surface area contributed by atoms with Crippen LogP contribution < -0.4 is 32.8 Å². The van der Waals surface area contributed by atoms with Crippen LogP contribution in [0.25, 0.3) is 0 Å². The minimum Gasteiger partial charge on any atom is -0.491 e. The van der Waals surface area contributed by atoms with Gasteiger partial charge in [-0.05, 0) is 31.2 Å². The molecule has 0 saturated heterocycles. The number of ether oxygens (including phenoxy) is 1. The Morgan fingerprint density at radius 2 is 1.84 bits per heavy atom. The van der Waals surface area contributed by atoms with E-state index in [2.05, 4.69) is 10.3 Å². The molecule has 0 aliphatic heterocycles. The number of primary amides is 1. The van der Waals surface area contributed by atoms with Crippen LogP contribution in [0.5, 0.6) is 5.75 Å². The van der Waals surface area contributed by atoms with E-state index in [9.17, 15) is 19.2 Å². The van der Waals surface area contributed by atoms with Crippen LogP contribution in [0.4, 0.5) is 5.69 Å². The van der Waals surface area contributed by atoms with Gasteiger partial charge in [0.05, 0.1) is 6.04 Å². The molecule has 0 radical (unpaired) electrons. The number of anilines is 1. The van der Waals surface area contributed by atoms with Crippen molar-refractivity contribution in [3.8, 4) is 5.75 Å². The molecule has 2 rings (SSSR count). The lowest BCUT2D eigenvalue weighted by atomic mass is 10.2. The summed E-state index contributed by atoms with van der Waals surface area (Å²) in [5.74, 6) is -0.771. The molecule has 2 amide bonds. The third-order valence-corrected chi connectivity index (χ3v) is 3.22. The summed E-state index contributed by atoms with van der Waals surface area (Å²) in [5, 5.41) is 2.55. The zero-order valence-electron chi connectivity index (χ0n) is 13.3. The molecule has 1 atom stereocenters. The van der Waals surface area contributed by atoms with Crippen LogP contribution in [0.1, 0.15) is 27.8 Å². The van der Waals surface area contributed by atoms with Crippen molar-refractivity contribution in [1.29, 1.82) is 0 Å². The second-order valence-electron chi connectivity index (χ2n) is 5.27. The summed E-state index contributed by atoms with van der Waals surface area (Å²) in [6.07, 6.45) is 0. The minimum absolute atomic E-state index is 0.106. The predicted octanol–water partition coefficient (Wildman–Crippen LogP) is -1.06. The number of aromatic nitrogens is 2. The van der Waals surface area contributed by atoms with Crippen LogP contribution in [0.3, 0.4) is 0 Å². The maximum atomic E-state index is 12.1. The summed E-state index contributed by atoms with van der Waals surface area (Å²) in [6.45, 7) is 1.77. The Morgan fingerprint density at radius 1 is 1.20 bits per heavy atom. The Labute approximate surface area is 141 Å². The van der Waals surface area contributed by atoms with Crippen LogP contribution in [-0.4, -0.2) is 34.4 Å². The highest BCUT2D eigenvalue weighted by atomic mass is 16.5. The second kappa shape index (κ2) is 7.34. The molecule has 7 N–H and O–H groups in total. The van der Waals surface area contributed by atoms with Gasteiger partial charge in [-0.2, -0.15) is 0 Å². The lowest BCUT2D eigenvalue weighted by Gasteiger charge is -2.15. The van der Waals surface area contributed by atoms with Crippen LogP contribution in [-0.2, 0) is 0 Å². The van der Waals surface area contributed by atoms with Crippen molar-refractivity contribution in [2.45, 2.75) is 13.0 Å². The molecule has 10 heteroatoms. The molecular formula is C15H17N5O5. The standard InChI is InChI=1S/C15H17N5O5/c1-7(6-25-9-4-2-8(3-5-9)12(17)21)18-14(23)11-10(16)13(22)20-15(24)19-11/h2-5,7H,6,16H2,1H3,(H2,17,21)(H,18,23)(H2,19,20,22,24)/t7-/m1/s1. The number of H-pyrrole nitrogens is 2. The average molecular weight is 347 g/mol. The summed E-state index contributed by atoms with van der Waals surface area (Å²) < 4.78 is 5.48. The van der Waals surface area contributed by atoms with Crippen molar-refractivity contribution < 1.29 is 14.3 Å². The van der Waals surface area contributed by atoms with E-state index in [0.717, 1.165) is 0 Å². The summed E-state index contributed by atoms with van der Waals surface area (Å²) in [4.78, 5) is 49.8. The maximum Gasteiger partial charge on any atom is 0.326 e. The number of carbonyl (C=O) groups is 2. The summed E-state index contributed by atoms with van der Waals surface area (Å²) in [7, 11) is 0. The minimum atomic E-state index is -0.840. The molecule has 1 heterocycles. The van der Waals surface area contributed by atoms with Gasteiger partial charge in [0.2, 0.25) is 5.91 Å². The Kier molecular flexibility index (Phi) is 5.22. The number of carbonyl (C=O) groups excluding carboxylic acids is 2. The van der Waals surface area contributed by atoms with Gasteiger partial charge in [0, 0.05) is 5.56 Å². The van der Waals surface area contributed by atoms with Gasteiger partial charge in [0.1, 0.15) is 23.7 Å². The van der Waals surface area contributed by atoms with E-state index < -0.39 is 29.1 Å². The van der Waals surface area contributed by atoms with Crippen LogP contribution in [0, 0.1) is 0 Å². The van der Waals surface area contributed by atoms with Gasteiger partial charge in [-0.15, -0.1) is 0 Å². The molecule has 0 aliphatic rings. The molecule has 2 aromatic rings. The molecule has 0 saturated carbocycles. The maximum absolute atomic E-state index is 12.1. The number of benzene rings is 1. The summed E-state index contributed by atoms with van der Waals surface area (Å²) >= 11 is 0. The zero-order valence-corrected chi connectivity index (χ0v) is 13.3. The SMILES string of the molecule is C[C@H](COc1ccc(C(N)=O)cc1)NC(=O)c1[nH]c(=O)[nH]c(=O)c1N. The van der Waals surface area contributed by atoms with E-state index in [1.165, 1.54) is 12.1 Å². The fraction of sp³-hybridized carbons (Fsp3) is 0.200. The molecule has 1 aromatic carbocycles. The Morgan fingerprint density at radius 3 is 2.44 bits per heavy atom. The third-order valence-electron chi connectivity index (χ3n) is 3.22. The number of nitrogens with one attached hydrogen (secondary N) is 3. The van der Waals surface area contributed by atoms with Crippen LogP contribution in [0.2, 0.25) is 0 Å². The molecule has 25 heavy (non-hydrogen) atoms. The first kappa shape index (κ1) is 17.8. The third kappa shape index (κ3) is 4.47. The van der Waals surface area contributed by atoms with E-state index in [0.29, 0.717) is 11.3 Å². The number of nitrogens with two attached hydrogens (primary N) is 2. The first-order valence-corrected chi connectivity index (χ1v) is 7.23. The molecule has 0 aliphatic carbocycles. The van der Waals surface area contributed by atoms with Gasteiger partial charge in [-0.3, -0.25) is 19.4 Å². The molecule has 132 valence electrons. The van der Waals surface area contributed by atoms with E-state index in [4.69, 9.17) is 16.2 Å². The number of aromatic amines is 2. The highest BCUT2D eigenvalue weighted by Crippen LogP contribution is 2.12. The van der Waals surface area contributed by atoms with Crippen molar-refractivity contribution >= 4 is 17.5 Å².